The van der Waals surface area contributed by atoms with Gasteiger partial charge in [-0.05, 0) is 44.0 Å². The van der Waals surface area contributed by atoms with E-state index in [1.165, 1.54) is 39.0 Å². The Bertz CT molecular complexity index is 1010. The molecule has 0 bridgehead atoms. The summed E-state index contributed by atoms with van der Waals surface area (Å²) >= 11 is 0. The minimum absolute atomic E-state index is 0.0615. The van der Waals surface area contributed by atoms with E-state index in [1.807, 2.05) is 0 Å². The number of amides is 1. The molecule has 1 aromatic carbocycles. The van der Waals surface area contributed by atoms with Crippen LogP contribution in [0.5, 0.6) is 0 Å². The van der Waals surface area contributed by atoms with E-state index in [0.29, 0.717) is 5.06 Å². The van der Waals surface area contributed by atoms with Gasteiger partial charge < -0.3 is 14.9 Å². The monoisotopic (exact) mass is 480 g/mol. The maximum Gasteiger partial charge on any atom is 0.492 e. The molecule has 2 atom stereocenters. The van der Waals surface area contributed by atoms with Crippen LogP contribution in [0.2, 0.25) is 0 Å². The van der Waals surface area contributed by atoms with Crippen molar-refractivity contribution in [2.75, 3.05) is 19.0 Å². The third-order valence-corrected chi connectivity index (χ3v) is 7.09. The molecule has 1 aliphatic rings. The van der Waals surface area contributed by atoms with E-state index >= 15 is 0 Å². The largest absolute Gasteiger partial charge is 0.492 e. The summed E-state index contributed by atoms with van der Waals surface area (Å²) < 4.78 is 69.1. The lowest BCUT2D eigenvalue weighted by Crippen LogP contribution is -2.37. The molecule has 1 aliphatic heterocycles. The van der Waals surface area contributed by atoms with Crippen molar-refractivity contribution in [2.24, 2.45) is 5.92 Å². The van der Waals surface area contributed by atoms with Crippen LogP contribution in [0.1, 0.15) is 38.8 Å². The molecular weight excluding hydrogens is 457 g/mol. The highest BCUT2D eigenvalue weighted by Crippen LogP contribution is 2.43. The second-order valence-electron chi connectivity index (χ2n) is 7.41. The van der Waals surface area contributed by atoms with Crippen LogP contribution in [0.4, 0.5) is 18.9 Å². The number of hydroxylamine groups is 2. The zero-order valence-corrected chi connectivity index (χ0v) is 18.5. The maximum atomic E-state index is 13.0. The second-order valence-corrected chi connectivity index (χ2v) is 9.88. The summed E-state index contributed by atoms with van der Waals surface area (Å²) in [5, 5.41) is 2.18. The Morgan fingerprint density at radius 3 is 2.34 bits per heavy atom. The number of hydrogen-bond donors (Lipinski definition) is 1. The average molecular weight is 480 g/mol. The molecule has 1 amide bonds. The number of sulfone groups is 1. The Labute approximate surface area is 182 Å². The lowest BCUT2D eigenvalue weighted by atomic mass is 9.93. The van der Waals surface area contributed by atoms with E-state index in [4.69, 9.17) is 4.74 Å². The van der Waals surface area contributed by atoms with Gasteiger partial charge in [-0.1, -0.05) is 0 Å². The van der Waals surface area contributed by atoms with Gasteiger partial charge in [-0.3, -0.25) is 9.59 Å². The van der Waals surface area contributed by atoms with Crippen molar-refractivity contribution in [3.8, 4) is 0 Å². The van der Waals surface area contributed by atoms with E-state index in [2.05, 4.69) is 10.2 Å². The van der Waals surface area contributed by atoms with Crippen molar-refractivity contribution in [2.45, 2.75) is 49.6 Å². The number of nitrogens with one attached hydrogen (secondary N) is 1. The van der Waals surface area contributed by atoms with Gasteiger partial charge in [-0.25, -0.2) is 13.2 Å². The fourth-order valence-corrected chi connectivity index (χ4v) is 4.64. The van der Waals surface area contributed by atoms with Gasteiger partial charge in [0.25, 0.3) is 0 Å². The van der Waals surface area contributed by atoms with Crippen LogP contribution in [0, 0.1) is 5.92 Å². The van der Waals surface area contributed by atoms with Gasteiger partial charge in [0.05, 0.1) is 29.2 Å². The Morgan fingerprint density at radius 2 is 1.84 bits per heavy atom. The fraction of sp³-hybridized carbons (Fsp3) is 0.526. The minimum Gasteiger partial charge on any atom is -0.469 e. The van der Waals surface area contributed by atoms with Crippen LogP contribution in [-0.2, 0) is 33.8 Å². The van der Waals surface area contributed by atoms with Gasteiger partial charge in [0, 0.05) is 19.2 Å². The Morgan fingerprint density at radius 1 is 1.22 bits per heavy atom. The summed E-state index contributed by atoms with van der Waals surface area (Å²) in [5.74, 6) is -4.95. The predicted molar refractivity (Wildman–Crippen MR) is 105 cm³/mol. The Kier molecular flexibility index (Phi) is 7.55. The van der Waals surface area contributed by atoms with Crippen molar-refractivity contribution in [1.82, 2.24) is 5.06 Å². The minimum atomic E-state index is -5.31. The van der Waals surface area contributed by atoms with E-state index in [-0.39, 0.29) is 29.1 Å². The molecule has 1 N–H and O–H groups in total. The van der Waals surface area contributed by atoms with Crippen molar-refractivity contribution >= 4 is 33.4 Å². The molecule has 13 heteroatoms. The molecule has 1 aromatic rings. The van der Waals surface area contributed by atoms with Crippen LogP contribution in [0.3, 0.4) is 0 Å². The van der Waals surface area contributed by atoms with Crippen molar-refractivity contribution in [3.63, 3.8) is 0 Å². The smallest absolute Gasteiger partial charge is 0.469 e. The lowest BCUT2D eigenvalue weighted by Gasteiger charge is -2.28. The third-order valence-electron chi connectivity index (χ3n) is 4.86. The SMILES string of the molecule is COC(=O)C1CCN(OC(=O)C(F)(F)F)C1c1cc(NC(C)=O)ccc1S(=O)(=O)C(C)C. The van der Waals surface area contributed by atoms with Gasteiger partial charge in [-0.15, -0.1) is 5.06 Å². The number of alkyl halides is 3. The third kappa shape index (κ3) is 5.38. The van der Waals surface area contributed by atoms with Crippen molar-refractivity contribution < 1.29 is 45.5 Å². The van der Waals surface area contributed by atoms with E-state index in [9.17, 15) is 36.0 Å². The standard InChI is InChI=1S/C19H23F3N2O7S/c1-10(2)32(28,29)15-6-5-12(23-11(3)25)9-14(15)16-13(17(26)30-4)7-8-24(16)31-18(27)19(20,21)22/h5-6,9-10,13,16H,7-8H2,1-4H3,(H,23,25). The number of rotatable bonds is 6. The Balaban J connectivity index is 2.70. The van der Waals surface area contributed by atoms with E-state index in [0.717, 1.165) is 7.11 Å². The van der Waals surface area contributed by atoms with Gasteiger partial charge in [-0.2, -0.15) is 13.2 Å². The summed E-state index contributed by atoms with van der Waals surface area (Å²) in [7, 11) is -2.91. The Hall–Kier alpha value is -2.67. The average Bonchev–Trinajstić information content (AvgIpc) is 3.09. The van der Waals surface area contributed by atoms with Gasteiger partial charge in [0.2, 0.25) is 5.91 Å². The van der Waals surface area contributed by atoms with Gasteiger partial charge in [0.15, 0.2) is 9.84 Å². The molecular formula is C19H23F3N2O7S. The molecule has 0 radical (unpaired) electrons. The molecule has 1 saturated heterocycles. The van der Waals surface area contributed by atoms with Crippen LogP contribution in [-0.4, -0.2) is 56.4 Å². The fourth-order valence-electron chi connectivity index (χ4n) is 3.37. The first-order chi connectivity index (χ1) is 14.7. The summed E-state index contributed by atoms with van der Waals surface area (Å²) in [6.45, 7) is 3.75. The molecule has 0 saturated carbocycles. The number of hydrogen-bond acceptors (Lipinski definition) is 8. The zero-order valence-electron chi connectivity index (χ0n) is 17.7. The summed E-state index contributed by atoms with van der Waals surface area (Å²) in [4.78, 5) is 39.5. The molecule has 1 heterocycles. The molecule has 0 aliphatic carbocycles. The first-order valence-corrected chi connectivity index (χ1v) is 11.0. The molecule has 1 fully saturated rings. The quantitative estimate of drug-likeness (QED) is 0.617. The van der Waals surface area contributed by atoms with E-state index in [1.54, 1.807) is 0 Å². The zero-order chi connectivity index (χ0) is 24.4. The van der Waals surface area contributed by atoms with Crippen LogP contribution in [0.25, 0.3) is 0 Å². The number of ether oxygens (including phenoxy) is 1. The molecule has 0 aromatic heterocycles. The number of esters is 1. The molecule has 32 heavy (non-hydrogen) atoms. The molecule has 2 unspecified atom stereocenters. The molecule has 2 rings (SSSR count). The normalized spacial score (nSPS) is 19.6. The number of anilines is 1. The lowest BCUT2D eigenvalue weighted by molar-refractivity contribution is -0.243. The first kappa shape index (κ1) is 25.6. The number of halogens is 3. The highest BCUT2D eigenvalue weighted by molar-refractivity contribution is 7.92. The van der Waals surface area contributed by atoms with Crippen molar-refractivity contribution in [3.05, 3.63) is 23.8 Å². The highest BCUT2D eigenvalue weighted by atomic mass is 32.2. The topological polar surface area (TPSA) is 119 Å². The highest BCUT2D eigenvalue weighted by Gasteiger charge is 2.49. The molecule has 0 spiro atoms. The second kappa shape index (κ2) is 9.45. The summed E-state index contributed by atoms with van der Waals surface area (Å²) in [6, 6.07) is 2.34. The number of benzene rings is 1. The number of carbonyl (C=O) groups is 3. The molecule has 9 nitrogen and oxygen atoms in total. The summed E-state index contributed by atoms with van der Waals surface area (Å²) in [6.07, 6.45) is -5.37. The van der Waals surface area contributed by atoms with Gasteiger partial charge >= 0.3 is 18.1 Å². The summed E-state index contributed by atoms with van der Waals surface area (Å²) in [5.41, 5.74) is 0.0423. The number of nitrogens with zero attached hydrogens (tertiary/aromatic N) is 1. The molecule has 178 valence electrons. The number of carbonyl (C=O) groups excluding carboxylic acids is 3. The van der Waals surface area contributed by atoms with Gasteiger partial charge in [0.1, 0.15) is 0 Å². The van der Waals surface area contributed by atoms with Crippen LogP contribution >= 0.6 is 0 Å². The van der Waals surface area contributed by atoms with E-state index < -0.39 is 51.1 Å². The van der Waals surface area contributed by atoms with Crippen LogP contribution in [0.15, 0.2) is 23.1 Å². The first-order valence-electron chi connectivity index (χ1n) is 9.49. The predicted octanol–water partition coefficient (Wildman–Crippen LogP) is 2.38. The number of methoxy groups -OCH3 is 1. The maximum absolute atomic E-state index is 13.0. The van der Waals surface area contributed by atoms with Crippen molar-refractivity contribution in [1.29, 1.82) is 0 Å². The van der Waals surface area contributed by atoms with Crippen LogP contribution < -0.4 is 5.32 Å².